The van der Waals surface area contributed by atoms with Gasteiger partial charge in [0.25, 0.3) is 5.91 Å². The minimum atomic E-state index is -0.830. The van der Waals surface area contributed by atoms with E-state index in [4.69, 9.17) is 14.2 Å². The van der Waals surface area contributed by atoms with Gasteiger partial charge in [0.2, 0.25) is 0 Å². The molecular weight excluding hydrogens is 334 g/mol. The van der Waals surface area contributed by atoms with Gasteiger partial charge in [-0.05, 0) is 65.2 Å². The maximum Gasteiger partial charge on any atom is 0.339 e. The van der Waals surface area contributed by atoms with E-state index in [2.05, 4.69) is 0 Å². The van der Waals surface area contributed by atoms with E-state index in [0.717, 1.165) is 19.3 Å². The zero-order valence-electron chi connectivity index (χ0n) is 16.3. The van der Waals surface area contributed by atoms with Crippen LogP contribution in [0.3, 0.4) is 0 Å². The summed E-state index contributed by atoms with van der Waals surface area (Å²) in [6, 6.07) is 5.17. The molecule has 1 fully saturated rings. The summed E-state index contributed by atoms with van der Waals surface area (Å²) < 4.78 is 16.1. The van der Waals surface area contributed by atoms with Crippen LogP contribution >= 0.6 is 0 Å². The summed E-state index contributed by atoms with van der Waals surface area (Å²) >= 11 is 0. The molecular formula is C20H29NO5. The fraction of sp³-hybridized carbons (Fsp3) is 0.600. The lowest BCUT2D eigenvalue weighted by molar-refractivity contribution is -0.146. The minimum Gasteiger partial charge on any atom is -0.493 e. The SMILES string of the molecule is CCOc1ccc(C(=O)O[C@@H](C)C(=O)N2[C@@H](C)CCC[C@@H]2C)cc1OC. The highest BCUT2D eigenvalue weighted by Crippen LogP contribution is 2.29. The molecule has 0 N–H and O–H groups in total. The number of hydrogen-bond donors (Lipinski definition) is 0. The molecule has 1 heterocycles. The Morgan fingerprint density at radius 3 is 2.42 bits per heavy atom. The van der Waals surface area contributed by atoms with Gasteiger partial charge in [-0.3, -0.25) is 4.79 Å². The van der Waals surface area contributed by atoms with Crippen LogP contribution in [-0.4, -0.2) is 48.7 Å². The van der Waals surface area contributed by atoms with Crippen LogP contribution in [0.4, 0.5) is 0 Å². The molecule has 144 valence electrons. The second-order valence-electron chi connectivity index (χ2n) is 6.72. The molecule has 1 aromatic carbocycles. The lowest BCUT2D eigenvalue weighted by atomic mass is 9.97. The molecule has 2 rings (SSSR count). The molecule has 6 heteroatoms. The van der Waals surface area contributed by atoms with E-state index in [-0.39, 0.29) is 18.0 Å². The van der Waals surface area contributed by atoms with Gasteiger partial charge in [0.1, 0.15) is 0 Å². The maximum atomic E-state index is 12.8. The van der Waals surface area contributed by atoms with E-state index in [1.54, 1.807) is 25.1 Å². The van der Waals surface area contributed by atoms with Crippen LogP contribution in [-0.2, 0) is 9.53 Å². The predicted molar refractivity (Wildman–Crippen MR) is 98.7 cm³/mol. The number of hydrogen-bond acceptors (Lipinski definition) is 5. The van der Waals surface area contributed by atoms with Gasteiger partial charge in [0.15, 0.2) is 17.6 Å². The minimum absolute atomic E-state index is 0.143. The van der Waals surface area contributed by atoms with Crippen molar-refractivity contribution in [2.24, 2.45) is 0 Å². The van der Waals surface area contributed by atoms with Crippen LogP contribution < -0.4 is 9.47 Å². The Hall–Kier alpha value is -2.24. The topological polar surface area (TPSA) is 65.1 Å². The number of rotatable bonds is 6. The summed E-state index contributed by atoms with van der Waals surface area (Å²) in [7, 11) is 1.51. The largest absolute Gasteiger partial charge is 0.493 e. The number of nitrogens with zero attached hydrogens (tertiary/aromatic N) is 1. The van der Waals surface area contributed by atoms with Crippen LogP contribution in [0.5, 0.6) is 11.5 Å². The average Bonchev–Trinajstić information content (AvgIpc) is 2.61. The molecule has 1 saturated heterocycles. The van der Waals surface area contributed by atoms with Gasteiger partial charge in [0.05, 0.1) is 19.3 Å². The smallest absolute Gasteiger partial charge is 0.339 e. The normalized spacial score (nSPS) is 21.0. The van der Waals surface area contributed by atoms with Crippen molar-refractivity contribution in [3.05, 3.63) is 23.8 Å². The molecule has 0 bridgehead atoms. The number of methoxy groups -OCH3 is 1. The van der Waals surface area contributed by atoms with E-state index in [9.17, 15) is 9.59 Å². The first-order chi connectivity index (χ1) is 12.4. The first kappa shape index (κ1) is 20.1. The second kappa shape index (κ2) is 8.92. The van der Waals surface area contributed by atoms with Gasteiger partial charge in [0, 0.05) is 12.1 Å². The van der Waals surface area contributed by atoms with E-state index in [0.29, 0.717) is 23.7 Å². The number of likely N-dealkylation sites (tertiary alicyclic amines) is 1. The fourth-order valence-electron chi connectivity index (χ4n) is 3.41. The third-order valence-electron chi connectivity index (χ3n) is 4.78. The molecule has 6 nitrogen and oxygen atoms in total. The second-order valence-corrected chi connectivity index (χ2v) is 6.72. The number of piperidine rings is 1. The van der Waals surface area contributed by atoms with Gasteiger partial charge in [-0.1, -0.05) is 0 Å². The fourth-order valence-corrected chi connectivity index (χ4v) is 3.41. The number of ether oxygens (including phenoxy) is 3. The standard InChI is InChI=1S/C20H29NO5/c1-6-25-17-11-10-16(12-18(17)24-5)20(23)26-15(4)19(22)21-13(2)8-7-9-14(21)3/h10-15H,6-9H2,1-5H3/t13-,14-,15-/m0/s1. The highest BCUT2D eigenvalue weighted by Gasteiger charge is 2.33. The zero-order valence-corrected chi connectivity index (χ0v) is 16.3. The van der Waals surface area contributed by atoms with E-state index in [1.807, 2.05) is 25.7 Å². The first-order valence-corrected chi connectivity index (χ1v) is 9.23. The van der Waals surface area contributed by atoms with Crippen molar-refractivity contribution in [2.45, 2.75) is 65.1 Å². The third-order valence-corrected chi connectivity index (χ3v) is 4.78. The highest BCUT2D eigenvalue weighted by molar-refractivity contribution is 5.93. The Morgan fingerprint density at radius 1 is 1.19 bits per heavy atom. The molecule has 0 saturated carbocycles. The Morgan fingerprint density at radius 2 is 1.85 bits per heavy atom. The average molecular weight is 363 g/mol. The van der Waals surface area contributed by atoms with Crippen LogP contribution in [0.15, 0.2) is 18.2 Å². The van der Waals surface area contributed by atoms with Crippen molar-refractivity contribution >= 4 is 11.9 Å². The summed E-state index contributed by atoms with van der Waals surface area (Å²) in [5.74, 6) is 0.325. The van der Waals surface area contributed by atoms with Crippen LogP contribution in [0, 0.1) is 0 Å². The molecule has 0 radical (unpaired) electrons. The summed E-state index contributed by atoms with van der Waals surface area (Å²) in [6.07, 6.45) is 2.24. The monoisotopic (exact) mass is 363 g/mol. The van der Waals surface area contributed by atoms with Crippen molar-refractivity contribution in [3.8, 4) is 11.5 Å². The number of amides is 1. The molecule has 26 heavy (non-hydrogen) atoms. The Labute approximate surface area is 155 Å². The van der Waals surface area contributed by atoms with Gasteiger partial charge in [-0.25, -0.2) is 4.79 Å². The maximum absolute atomic E-state index is 12.8. The Balaban J connectivity index is 2.07. The van der Waals surface area contributed by atoms with Gasteiger partial charge >= 0.3 is 5.97 Å². The van der Waals surface area contributed by atoms with Gasteiger partial charge in [-0.15, -0.1) is 0 Å². The first-order valence-electron chi connectivity index (χ1n) is 9.23. The van der Waals surface area contributed by atoms with Crippen LogP contribution in [0.25, 0.3) is 0 Å². The highest BCUT2D eigenvalue weighted by atomic mass is 16.5. The molecule has 1 aliphatic heterocycles. The number of carbonyl (C=O) groups is 2. The van der Waals surface area contributed by atoms with E-state index in [1.165, 1.54) is 7.11 Å². The lowest BCUT2D eigenvalue weighted by Gasteiger charge is -2.40. The van der Waals surface area contributed by atoms with Crippen LogP contribution in [0.2, 0.25) is 0 Å². The number of benzene rings is 1. The predicted octanol–water partition coefficient (Wildman–Crippen LogP) is 3.43. The van der Waals surface area contributed by atoms with Crippen molar-refractivity contribution in [2.75, 3.05) is 13.7 Å². The lowest BCUT2D eigenvalue weighted by Crippen LogP contribution is -2.51. The summed E-state index contributed by atoms with van der Waals surface area (Å²) in [5.41, 5.74) is 0.324. The van der Waals surface area contributed by atoms with Gasteiger partial charge in [-0.2, -0.15) is 0 Å². The molecule has 0 aliphatic carbocycles. The molecule has 1 aliphatic rings. The molecule has 0 aromatic heterocycles. The van der Waals surface area contributed by atoms with Crippen molar-refractivity contribution in [1.82, 2.24) is 4.90 Å². The molecule has 0 spiro atoms. The van der Waals surface area contributed by atoms with Crippen molar-refractivity contribution < 1.29 is 23.8 Å². The summed E-state index contributed by atoms with van der Waals surface area (Å²) in [5, 5.41) is 0. The zero-order chi connectivity index (χ0) is 19.3. The summed E-state index contributed by atoms with van der Waals surface area (Å²) in [6.45, 7) is 8.08. The van der Waals surface area contributed by atoms with E-state index < -0.39 is 12.1 Å². The number of carbonyl (C=O) groups excluding carboxylic acids is 2. The van der Waals surface area contributed by atoms with Crippen molar-refractivity contribution in [3.63, 3.8) is 0 Å². The van der Waals surface area contributed by atoms with Gasteiger partial charge < -0.3 is 19.1 Å². The van der Waals surface area contributed by atoms with Crippen LogP contribution in [0.1, 0.15) is 57.3 Å². The Bertz CT molecular complexity index is 635. The van der Waals surface area contributed by atoms with E-state index >= 15 is 0 Å². The number of esters is 1. The molecule has 3 atom stereocenters. The molecule has 1 aromatic rings. The van der Waals surface area contributed by atoms with Crippen molar-refractivity contribution in [1.29, 1.82) is 0 Å². The summed E-state index contributed by atoms with van der Waals surface area (Å²) in [4.78, 5) is 27.1. The molecule has 0 unspecified atom stereocenters. The third kappa shape index (κ3) is 4.48. The Kier molecular flexibility index (Phi) is 6.89. The molecule has 1 amide bonds. The quantitative estimate of drug-likeness (QED) is 0.725.